The summed E-state index contributed by atoms with van der Waals surface area (Å²) < 4.78 is 20.3. The minimum absolute atomic E-state index is 0. The second-order valence-corrected chi connectivity index (χ2v) is 8.74. The fourth-order valence-corrected chi connectivity index (χ4v) is 4.11. The summed E-state index contributed by atoms with van der Waals surface area (Å²) in [4.78, 5) is 36.5. The van der Waals surface area contributed by atoms with Crippen LogP contribution in [-0.4, -0.2) is 54.7 Å². The lowest BCUT2D eigenvalue weighted by Crippen LogP contribution is -2.23. The van der Waals surface area contributed by atoms with Gasteiger partial charge < -0.3 is 15.0 Å². The number of amides is 1. The first-order valence-corrected chi connectivity index (χ1v) is 11.4. The van der Waals surface area contributed by atoms with Gasteiger partial charge in [0, 0.05) is 47.9 Å². The molecular weight excluding hydrogens is 506 g/mol. The molecule has 1 aliphatic rings. The predicted octanol–water partition coefficient (Wildman–Crippen LogP) is 5.54. The molecule has 36 heavy (non-hydrogen) atoms. The second kappa shape index (κ2) is 11.5. The maximum absolute atomic E-state index is 15.0. The van der Waals surface area contributed by atoms with Crippen LogP contribution in [0.2, 0.25) is 10.0 Å². The van der Waals surface area contributed by atoms with Crippen molar-refractivity contribution in [1.29, 1.82) is 0 Å². The number of rotatable bonds is 7. The number of pyridine rings is 1. The molecule has 1 aromatic heterocycles. The largest absolute Gasteiger partial charge is 0.496 e. The van der Waals surface area contributed by atoms with Gasteiger partial charge in [0.1, 0.15) is 23.2 Å². The van der Waals surface area contributed by atoms with Crippen LogP contribution >= 0.6 is 23.2 Å². The van der Waals surface area contributed by atoms with Crippen LogP contribution < -0.4 is 10.1 Å². The standard InChI is InChI=1S/C25H21Cl2FN4O3.CH4/c1-32-8-7-29-24(32)14-3-5-17(20(28)9-14)21(33)12-18-19(10-16(27)11-22(18)35-2)25(34)31-23-6-4-15(26)13-30-23;/h3-6,9-11,13H,7-8,12H2,1-2H3,(H,30,31,34);1H4. The topological polar surface area (TPSA) is 83.9 Å². The van der Waals surface area contributed by atoms with E-state index >= 15 is 0 Å². The number of nitrogens with one attached hydrogen (secondary N) is 1. The molecule has 0 spiro atoms. The summed E-state index contributed by atoms with van der Waals surface area (Å²) in [6.07, 6.45) is 1.11. The summed E-state index contributed by atoms with van der Waals surface area (Å²) in [5, 5.41) is 3.30. The van der Waals surface area contributed by atoms with Crippen LogP contribution in [0.15, 0.2) is 53.7 Å². The van der Waals surface area contributed by atoms with Crippen molar-refractivity contribution in [3.63, 3.8) is 0 Å². The molecule has 0 radical (unpaired) electrons. The van der Waals surface area contributed by atoms with Crippen LogP contribution in [0.5, 0.6) is 5.75 Å². The zero-order chi connectivity index (χ0) is 25.1. The molecule has 0 aliphatic carbocycles. The Morgan fingerprint density at radius 3 is 2.50 bits per heavy atom. The van der Waals surface area contributed by atoms with Gasteiger partial charge in [0.25, 0.3) is 5.91 Å². The number of aliphatic imine (C=N–C) groups is 1. The summed E-state index contributed by atoms with van der Waals surface area (Å²) >= 11 is 12.0. The normalized spacial score (nSPS) is 12.6. The molecule has 0 saturated carbocycles. The van der Waals surface area contributed by atoms with E-state index in [9.17, 15) is 14.0 Å². The Morgan fingerprint density at radius 1 is 1.11 bits per heavy atom. The summed E-state index contributed by atoms with van der Waals surface area (Å²) in [7, 11) is 3.28. The van der Waals surface area contributed by atoms with E-state index in [1.54, 1.807) is 12.1 Å². The maximum atomic E-state index is 15.0. The number of aromatic nitrogens is 1. The highest BCUT2D eigenvalue weighted by Gasteiger charge is 2.23. The second-order valence-electron chi connectivity index (χ2n) is 7.87. The Labute approximate surface area is 218 Å². The van der Waals surface area contributed by atoms with E-state index in [-0.39, 0.29) is 47.1 Å². The van der Waals surface area contributed by atoms with E-state index in [4.69, 9.17) is 27.9 Å². The number of amidine groups is 1. The highest BCUT2D eigenvalue weighted by atomic mass is 35.5. The summed E-state index contributed by atoms with van der Waals surface area (Å²) in [6, 6.07) is 10.4. The van der Waals surface area contributed by atoms with Gasteiger partial charge in [0.2, 0.25) is 0 Å². The smallest absolute Gasteiger partial charge is 0.257 e. The highest BCUT2D eigenvalue weighted by molar-refractivity contribution is 6.31. The predicted molar refractivity (Wildman–Crippen MR) is 140 cm³/mol. The monoisotopic (exact) mass is 530 g/mol. The van der Waals surface area contributed by atoms with Gasteiger partial charge in [-0.05, 0) is 36.4 Å². The number of halogens is 3. The van der Waals surface area contributed by atoms with Crippen molar-refractivity contribution in [2.75, 3.05) is 32.6 Å². The molecule has 1 amide bonds. The summed E-state index contributed by atoms with van der Waals surface area (Å²) in [5.74, 6) is -0.565. The molecule has 188 valence electrons. The van der Waals surface area contributed by atoms with Gasteiger partial charge in [-0.2, -0.15) is 0 Å². The number of hydrogen-bond donors (Lipinski definition) is 1. The average Bonchev–Trinajstić information content (AvgIpc) is 3.26. The van der Waals surface area contributed by atoms with Crippen molar-refractivity contribution >= 4 is 46.5 Å². The van der Waals surface area contributed by atoms with Crippen molar-refractivity contribution < 1.29 is 18.7 Å². The van der Waals surface area contributed by atoms with E-state index in [1.807, 2.05) is 11.9 Å². The number of Topliss-reactive ketones (excluding diaryl/α,β-unsaturated/α-hetero) is 1. The number of anilines is 1. The van der Waals surface area contributed by atoms with Gasteiger partial charge in [0.15, 0.2) is 5.78 Å². The Bertz CT molecular complexity index is 1330. The lowest BCUT2D eigenvalue weighted by atomic mass is 9.96. The lowest BCUT2D eigenvalue weighted by molar-refractivity contribution is 0.0987. The number of methoxy groups -OCH3 is 1. The lowest BCUT2D eigenvalue weighted by Gasteiger charge is -2.16. The zero-order valence-electron chi connectivity index (χ0n) is 18.9. The molecule has 4 rings (SSSR count). The maximum Gasteiger partial charge on any atom is 0.257 e. The first-order valence-electron chi connectivity index (χ1n) is 10.6. The fourth-order valence-electron chi connectivity index (χ4n) is 3.79. The number of carbonyl (C=O) groups excluding carboxylic acids is 2. The quantitative estimate of drug-likeness (QED) is 0.405. The molecule has 0 bridgehead atoms. The SMILES string of the molecule is C.COc1cc(Cl)cc(C(=O)Nc2ccc(Cl)cn2)c1CC(=O)c1ccc(C2=NCCN2C)cc1F. The van der Waals surface area contributed by atoms with Crippen molar-refractivity contribution in [1.82, 2.24) is 9.88 Å². The van der Waals surface area contributed by atoms with Crippen LogP contribution in [0, 0.1) is 5.82 Å². The summed E-state index contributed by atoms with van der Waals surface area (Å²) in [5.41, 5.74) is 0.881. The van der Waals surface area contributed by atoms with Gasteiger partial charge in [-0.3, -0.25) is 14.6 Å². The van der Waals surface area contributed by atoms with Gasteiger partial charge in [-0.15, -0.1) is 0 Å². The summed E-state index contributed by atoms with van der Waals surface area (Å²) in [6.45, 7) is 1.39. The van der Waals surface area contributed by atoms with Crippen molar-refractivity contribution in [3.8, 4) is 5.75 Å². The number of ketones is 1. The molecule has 1 N–H and O–H groups in total. The number of hydrogen-bond acceptors (Lipinski definition) is 6. The third kappa shape index (κ3) is 5.83. The Balaban J connectivity index is 0.00000361. The molecule has 10 heteroatoms. The van der Waals surface area contributed by atoms with E-state index in [0.29, 0.717) is 23.0 Å². The Hall–Kier alpha value is -3.49. The molecule has 2 heterocycles. The van der Waals surface area contributed by atoms with Gasteiger partial charge in [-0.25, -0.2) is 9.37 Å². The third-order valence-corrected chi connectivity index (χ3v) is 5.97. The van der Waals surface area contributed by atoms with Crippen LogP contribution in [0.1, 0.15) is 39.3 Å². The molecular formula is C26H25Cl2FN4O3. The fraction of sp³-hybridized carbons (Fsp3) is 0.231. The first-order chi connectivity index (χ1) is 16.8. The van der Waals surface area contributed by atoms with Gasteiger partial charge >= 0.3 is 0 Å². The van der Waals surface area contributed by atoms with E-state index in [2.05, 4.69) is 15.3 Å². The first kappa shape index (κ1) is 27.1. The number of likely N-dealkylation sites (N-methyl/N-ethyl adjacent to an activating group) is 1. The van der Waals surface area contributed by atoms with E-state index < -0.39 is 17.5 Å². The highest BCUT2D eigenvalue weighted by Crippen LogP contribution is 2.30. The average molecular weight is 531 g/mol. The van der Waals surface area contributed by atoms with Crippen LogP contribution in [-0.2, 0) is 6.42 Å². The van der Waals surface area contributed by atoms with Gasteiger partial charge in [-0.1, -0.05) is 36.7 Å². The van der Waals surface area contributed by atoms with Gasteiger partial charge in [0.05, 0.1) is 24.2 Å². The Morgan fingerprint density at radius 2 is 1.89 bits per heavy atom. The van der Waals surface area contributed by atoms with Crippen molar-refractivity contribution in [3.05, 3.63) is 86.8 Å². The number of ether oxygens (including phenoxy) is 1. The minimum Gasteiger partial charge on any atom is -0.496 e. The number of nitrogens with zero attached hydrogens (tertiary/aromatic N) is 3. The molecule has 0 atom stereocenters. The molecule has 0 fully saturated rings. The molecule has 0 unspecified atom stereocenters. The minimum atomic E-state index is -0.667. The third-order valence-electron chi connectivity index (χ3n) is 5.53. The van der Waals surface area contributed by atoms with Crippen LogP contribution in [0.3, 0.4) is 0 Å². The molecule has 1 aliphatic heterocycles. The van der Waals surface area contributed by atoms with Crippen molar-refractivity contribution in [2.24, 2.45) is 4.99 Å². The van der Waals surface area contributed by atoms with E-state index in [1.165, 1.54) is 43.6 Å². The van der Waals surface area contributed by atoms with Crippen molar-refractivity contribution in [2.45, 2.75) is 13.8 Å². The molecule has 7 nitrogen and oxygen atoms in total. The van der Waals surface area contributed by atoms with Crippen LogP contribution in [0.4, 0.5) is 10.2 Å². The number of benzene rings is 2. The molecule has 2 aromatic carbocycles. The van der Waals surface area contributed by atoms with Crippen LogP contribution in [0.25, 0.3) is 0 Å². The molecule has 0 saturated heterocycles. The number of carbonyl (C=O) groups is 2. The molecule has 3 aromatic rings. The zero-order valence-corrected chi connectivity index (χ0v) is 20.5. The van der Waals surface area contributed by atoms with E-state index in [0.717, 1.165) is 6.54 Å². The Kier molecular flexibility index (Phi) is 8.66.